The van der Waals surface area contributed by atoms with Crippen molar-refractivity contribution in [3.05, 3.63) is 12.2 Å². The van der Waals surface area contributed by atoms with Crippen LogP contribution in [0, 0.1) is 46.3 Å². The number of fused-ring (bicyclic) bond motifs is 5. The zero-order valence-corrected chi connectivity index (χ0v) is 20.9. The lowest BCUT2D eigenvalue weighted by atomic mass is 9.42. The molecule has 4 rings (SSSR count). The Morgan fingerprint density at radius 2 is 1.81 bits per heavy atom. The van der Waals surface area contributed by atoms with Crippen molar-refractivity contribution in [3.63, 3.8) is 0 Å². The fourth-order valence-corrected chi connectivity index (χ4v) is 8.97. The molecule has 4 aliphatic carbocycles. The second-order valence-electron chi connectivity index (χ2n) is 12.8. The molecule has 0 spiro atoms. The molecular weight excluding hydrogens is 400 g/mol. The number of Topliss-reactive ketones (excluding diaryl/α,β-unsaturated/α-hetero) is 1. The Hall–Kier alpha value is -0.710. The van der Waals surface area contributed by atoms with Crippen LogP contribution in [0.3, 0.4) is 0 Å². The molecule has 0 aromatic carbocycles. The summed E-state index contributed by atoms with van der Waals surface area (Å²) in [5, 5.41) is 32.9. The van der Waals surface area contributed by atoms with Crippen LogP contribution in [-0.4, -0.2) is 38.9 Å². The fraction of sp³-hybridized carbons (Fsp3) is 0.893. The quantitative estimate of drug-likeness (QED) is 0.525. The van der Waals surface area contributed by atoms with Gasteiger partial charge in [0.1, 0.15) is 5.60 Å². The van der Waals surface area contributed by atoms with E-state index in [2.05, 4.69) is 34.3 Å². The molecule has 0 aromatic heterocycles. The molecule has 3 unspecified atom stereocenters. The third kappa shape index (κ3) is 3.38. The smallest absolute Gasteiger partial charge is 0.165 e. The Kier molecular flexibility index (Phi) is 6.26. The molecule has 182 valence electrons. The Balaban J connectivity index is 1.57. The van der Waals surface area contributed by atoms with E-state index in [-0.39, 0.29) is 35.9 Å². The maximum absolute atomic E-state index is 13.4. The molecule has 4 aliphatic rings. The van der Waals surface area contributed by atoms with Gasteiger partial charge in [0.05, 0.1) is 12.2 Å². The highest BCUT2D eigenvalue weighted by atomic mass is 16.3. The van der Waals surface area contributed by atoms with E-state index in [9.17, 15) is 20.1 Å². The Bertz CT molecular complexity index is 761. The van der Waals surface area contributed by atoms with Crippen molar-refractivity contribution in [2.75, 3.05) is 0 Å². The van der Waals surface area contributed by atoms with Crippen LogP contribution >= 0.6 is 0 Å². The molecule has 4 heteroatoms. The van der Waals surface area contributed by atoms with E-state index in [1.54, 1.807) is 0 Å². The van der Waals surface area contributed by atoms with E-state index >= 15 is 0 Å². The first kappa shape index (κ1) is 24.4. The molecule has 10 atom stereocenters. The molecule has 0 heterocycles. The fourth-order valence-electron chi connectivity index (χ4n) is 8.97. The lowest BCUT2D eigenvalue weighted by molar-refractivity contribution is -0.245. The topological polar surface area (TPSA) is 77.8 Å². The number of carbonyl (C=O) groups excluding carboxylic acids is 1. The Morgan fingerprint density at radius 3 is 2.47 bits per heavy atom. The summed E-state index contributed by atoms with van der Waals surface area (Å²) in [6.07, 6.45) is 5.81. The molecular formula is C28H46O4. The lowest BCUT2D eigenvalue weighted by Gasteiger charge is -2.64. The van der Waals surface area contributed by atoms with Crippen molar-refractivity contribution < 1.29 is 20.1 Å². The lowest BCUT2D eigenvalue weighted by Crippen LogP contribution is -2.71. The first-order valence-electron chi connectivity index (χ1n) is 13.2. The predicted molar refractivity (Wildman–Crippen MR) is 127 cm³/mol. The van der Waals surface area contributed by atoms with Crippen LogP contribution in [0.2, 0.25) is 0 Å². The first-order chi connectivity index (χ1) is 14.9. The van der Waals surface area contributed by atoms with E-state index in [4.69, 9.17) is 0 Å². The second kappa shape index (κ2) is 8.20. The zero-order chi connectivity index (χ0) is 23.6. The molecule has 0 radical (unpaired) electrons. The number of carbonyl (C=O) groups is 1. The van der Waals surface area contributed by atoms with Gasteiger partial charge in [-0.25, -0.2) is 0 Å². The summed E-state index contributed by atoms with van der Waals surface area (Å²) in [6, 6.07) is 0. The van der Waals surface area contributed by atoms with E-state index in [1.807, 2.05) is 6.92 Å². The summed E-state index contributed by atoms with van der Waals surface area (Å²) in [5.74, 6) is 2.55. The monoisotopic (exact) mass is 446 g/mol. The van der Waals surface area contributed by atoms with Crippen LogP contribution in [0.4, 0.5) is 0 Å². The van der Waals surface area contributed by atoms with Crippen LogP contribution in [0.1, 0.15) is 92.4 Å². The summed E-state index contributed by atoms with van der Waals surface area (Å²) in [5.41, 5.74) is -0.877. The highest BCUT2D eigenvalue weighted by Gasteiger charge is 2.70. The summed E-state index contributed by atoms with van der Waals surface area (Å²) in [4.78, 5) is 13.4. The SMILES string of the molecule is C=C(CC[C@@H](C)[C@H]1CCC2C3CC(=O)[C@]4(O)C[C@@H](O)C[C@H](O)[C@]4(C)C3CC[C@@]21C)C(C)C. The van der Waals surface area contributed by atoms with Crippen molar-refractivity contribution in [1.29, 1.82) is 0 Å². The molecule has 4 nitrogen and oxygen atoms in total. The number of aliphatic hydroxyl groups is 3. The predicted octanol–water partition coefficient (Wildman–Crippen LogP) is 4.90. The Labute approximate surface area is 194 Å². The van der Waals surface area contributed by atoms with Crippen molar-refractivity contribution >= 4 is 5.78 Å². The summed E-state index contributed by atoms with van der Waals surface area (Å²) >= 11 is 0. The third-order valence-corrected chi connectivity index (χ3v) is 11.2. The van der Waals surface area contributed by atoms with Gasteiger partial charge in [-0.15, -0.1) is 0 Å². The highest BCUT2D eigenvalue weighted by Crippen LogP contribution is 2.68. The maximum Gasteiger partial charge on any atom is 0.165 e. The first-order valence-corrected chi connectivity index (χ1v) is 13.2. The zero-order valence-electron chi connectivity index (χ0n) is 20.9. The Morgan fingerprint density at radius 1 is 1.12 bits per heavy atom. The van der Waals surface area contributed by atoms with Crippen LogP contribution < -0.4 is 0 Å². The average molecular weight is 447 g/mol. The molecule has 0 aromatic rings. The number of aliphatic hydroxyl groups excluding tert-OH is 2. The van der Waals surface area contributed by atoms with E-state index in [0.29, 0.717) is 30.1 Å². The van der Waals surface area contributed by atoms with Gasteiger partial charge in [0.25, 0.3) is 0 Å². The van der Waals surface area contributed by atoms with E-state index in [1.165, 1.54) is 18.4 Å². The number of rotatable bonds is 5. The number of ketones is 1. The summed E-state index contributed by atoms with van der Waals surface area (Å²) in [7, 11) is 0. The van der Waals surface area contributed by atoms with Gasteiger partial charge in [-0.05, 0) is 79.4 Å². The van der Waals surface area contributed by atoms with Gasteiger partial charge in [-0.2, -0.15) is 0 Å². The minimum absolute atomic E-state index is 0.0734. The number of hydrogen-bond donors (Lipinski definition) is 3. The van der Waals surface area contributed by atoms with Gasteiger partial charge in [-0.3, -0.25) is 4.79 Å². The molecule has 0 bridgehead atoms. The largest absolute Gasteiger partial charge is 0.393 e. The van der Waals surface area contributed by atoms with Crippen LogP contribution in [0.25, 0.3) is 0 Å². The van der Waals surface area contributed by atoms with Crippen molar-refractivity contribution in [1.82, 2.24) is 0 Å². The molecule has 32 heavy (non-hydrogen) atoms. The van der Waals surface area contributed by atoms with Crippen LogP contribution in [0.5, 0.6) is 0 Å². The van der Waals surface area contributed by atoms with E-state index < -0.39 is 23.2 Å². The molecule has 3 N–H and O–H groups in total. The minimum atomic E-state index is -1.60. The normalized spacial score (nSPS) is 49.3. The number of allylic oxidation sites excluding steroid dienone is 1. The molecule has 0 aliphatic heterocycles. The summed E-state index contributed by atoms with van der Waals surface area (Å²) < 4.78 is 0. The molecule has 4 fully saturated rings. The molecule has 0 saturated heterocycles. The average Bonchev–Trinajstić information content (AvgIpc) is 3.06. The van der Waals surface area contributed by atoms with Crippen LogP contribution in [0.15, 0.2) is 12.2 Å². The maximum atomic E-state index is 13.4. The number of hydrogen-bond acceptors (Lipinski definition) is 4. The molecule has 4 saturated carbocycles. The highest BCUT2D eigenvalue weighted by molar-refractivity contribution is 5.90. The van der Waals surface area contributed by atoms with Gasteiger partial charge in [0, 0.05) is 24.7 Å². The van der Waals surface area contributed by atoms with Gasteiger partial charge in [0.2, 0.25) is 0 Å². The standard InChI is InChI=1S/C28H46O4/c1-16(2)17(3)7-8-18(4)21-9-10-22-20-14-25(31)28(32)15-19(29)13-24(30)27(28,6)23(20)11-12-26(21,22)5/h16,18-24,29-30,32H,3,7-15H2,1-2,4-6H3/t18-,19+,20?,21-,22?,23?,24+,26-,27+,28-/m1/s1. The van der Waals surface area contributed by atoms with Crippen molar-refractivity contribution in [2.24, 2.45) is 46.3 Å². The minimum Gasteiger partial charge on any atom is -0.393 e. The van der Waals surface area contributed by atoms with Gasteiger partial charge < -0.3 is 15.3 Å². The van der Waals surface area contributed by atoms with Gasteiger partial charge >= 0.3 is 0 Å². The molecule has 0 amide bonds. The van der Waals surface area contributed by atoms with Gasteiger partial charge in [0.15, 0.2) is 5.78 Å². The second-order valence-corrected chi connectivity index (χ2v) is 12.8. The third-order valence-electron chi connectivity index (χ3n) is 11.2. The van der Waals surface area contributed by atoms with E-state index in [0.717, 1.165) is 25.7 Å². The van der Waals surface area contributed by atoms with Crippen molar-refractivity contribution in [3.8, 4) is 0 Å². The van der Waals surface area contributed by atoms with Crippen molar-refractivity contribution in [2.45, 2.75) is 110 Å². The summed E-state index contributed by atoms with van der Waals surface area (Å²) in [6.45, 7) is 15.5. The van der Waals surface area contributed by atoms with Gasteiger partial charge in [-0.1, -0.05) is 46.8 Å². The van der Waals surface area contributed by atoms with Crippen LogP contribution in [-0.2, 0) is 4.79 Å².